The van der Waals surface area contributed by atoms with E-state index in [2.05, 4.69) is 21.8 Å². The molecule has 0 saturated heterocycles. The average molecular weight is 620 g/mol. The lowest BCUT2D eigenvalue weighted by molar-refractivity contribution is 0.0937. The van der Waals surface area contributed by atoms with Gasteiger partial charge in [0.2, 0.25) is 0 Å². The molecule has 1 N–H and O–H groups in total. The first-order valence-electron chi connectivity index (χ1n) is 15.0. The zero-order valence-electron chi connectivity index (χ0n) is 24.0. The Bertz CT molecular complexity index is 1760. The van der Waals surface area contributed by atoms with Gasteiger partial charge in [-0.15, -0.1) is 0 Å². The quantitative estimate of drug-likeness (QED) is 0.337. The molecule has 2 spiro atoms. The van der Waals surface area contributed by atoms with Gasteiger partial charge in [-0.3, -0.25) is 4.90 Å². The largest absolute Gasteiger partial charge is 0.490 e. The van der Waals surface area contributed by atoms with Crippen LogP contribution in [0.25, 0.3) is 0 Å². The molecule has 2 heterocycles. The minimum atomic E-state index is -4.17. The smallest absolute Gasteiger partial charge is 0.335 e. The average Bonchev–Trinajstić information content (AvgIpc) is 3.75. The zero-order chi connectivity index (χ0) is 29.6. The predicted molar refractivity (Wildman–Crippen MR) is 165 cm³/mol. The van der Waals surface area contributed by atoms with Crippen molar-refractivity contribution < 1.29 is 22.7 Å². The van der Waals surface area contributed by atoms with Crippen LogP contribution in [0.2, 0.25) is 5.02 Å². The first-order valence-corrected chi connectivity index (χ1v) is 16.9. The van der Waals surface area contributed by atoms with Crippen molar-refractivity contribution in [1.29, 1.82) is 0 Å². The monoisotopic (exact) mass is 619 g/mol. The predicted octanol–water partition coefficient (Wildman–Crippen LogP) is 5.91. The molecule has 8 rings (SSSR count). The molecule has 2 amide bonds. The maximum Gasteiger partial charge on any atom is 0.335 e. The second kappa shape index (κ2) is 9.53. The second-order valence-corrected chi connectivity index (χ2v) is 15.1. The van der Waals surface area contributed by atoms with E-state index in [1.165, 1.54) is 22.1 Å². The van der Waals surface area contributed by atoms with Crippen molar-refractivity contribution >= 4 is 39.0 Å². The van der Waals surface area contributed by atoms with Gasteiger partial charge in [0, 0.05) is 47.7 Å². The van der Waals surface area contributed by atoms with Gasteiger partial charge >= 0.3 is 6.03 Å². The highest BCUT2D eigenvalue weighted by molar-refractivity contribution is 7.90. The fraction of sp³-hybridized carbons (Fsp3) is 0.424. The molecule has 43 heavy (non-hydrogen) atoms. The summed E-state index contributed by atoms with van der Waals surface area (Å²) in [6, 6.07) is 17.7. The number of fused-ring (bicyclic) bond motifs is 5. The van der Waals surface area contributed by atoms with Crippen molar-refractivity contribution in [3.63, 3.8) is 0 Å². The fourth-order valence-electron chi connectivity index (χ4n) is 7.95. The van der Waals surface area contributed by atoms with Gasteiger partial charge in [-0.2, -0.15) is 0 Å². The number of ether oxygens (including phenoxy) is 2. The van der Waals surface area contributed by atoms with Crippen LogP contribution < -0.4 is 24.0 Å². The van der Waals surface area contributed by atoms with Crippen LogP contribution in [-0.4, -0.2) is 47.3 Å². The third-order valence-corrected chi connectivity index (χ3v) is 12.1. The van der Waals surface area contributed by atoms with Gasteiger partial charge in [-0.1, -0.05) is 23.7 Å². The molecular formula is C33H34ClN3O5S. The summed E-state index contributed by atoms with van der Waals surface area (Å²) < 4.78 is 42.4. The van der Waals surface area contributed by atoms with E-state index in [0.29, 0.717) is 36.3 Å². The maximum absolute atomic E-state index is 13.6. The van der Waals surface area contributed by atoms with Crippen LogP contribution in [0.15, 0.2) is 65.6 Å². The summed E-state index contributed by atoms with van der Waals surface area (Å²) in [5, 5.41) is 0.739. The molecule has 10 heteroatoms. The second-order valence-electron chi connectivity index (χ2n) is 13.0. The molecular weight excluding hydrogens is 586 g/mol. The van der Waals surface area contributed by atoms with Crippen LogP contribution in [0.4, 0.5) is 16.2 Å². The number of benzene rings is 3. The lowest BCUT2D eigenvalue weighted by atomic mass is 9.68. The molecule has 3 aliphatic carbocycles. The molecule has 8 nitrogen and oxygen atoms in total. The van der Waals surface area contributed by atoms with Gasteiger partial charge in [0.1, 0.15) is 17.6 Å². The molecule has 4 atom stereocenters. The first kappa shape index (κ1) is 27.1. The van der Waals surface area contributed by atoms with Crippen LogP contribution in [0.5, 0.6) is 11.5 Å². The molecule has 1 unspecified atom stereocenters. The Morgan fingerprint density at radius 3 is 2.79 bits per heavy atom. The number of hydrogen-bond donors (Lipinski definition) is 1. The summed E-state index contributed by atoms with van der Waals surface area (Å²) in [6.45, 7) is 1.98. The van der Waals surface area contributed by atoms with Gasteiger partial charge in [0.15, 0.2) is 0 Å². The van der Waals surface area contributed by atoms with E-state index in [1.807, 2.05) is 18.2 Å². The molecule has 0 radical (unpaired) electrons. The van der Waals surface area contributed by atoms with Gasteiger partial charge in [-0.25, -0.2) is 17.9 Å². The molecule has 2 aliphatic heterocycles. The number of sulfonamides is 1. The standard InChI is InChI=1S/C33H34ClN3O5S/c1-36-24-5-2-6-25(15-24)42-30-17-33(30)13-11-22(33)18-37-19-32(12-3-4-21-14-23(34)7-9-27(21)32)20-41-29-10-8-26(16-28(29)37)43(39,40)35-31(36)38/h2,5-10,14-16,22,30H,3-4,11-13,17-20H2,1H3,(H,35,38)/t22-,30-,32-,33?/m0/s1. The number of halogens is 1. The molecule has 4 bridgehead atoms. The number of carbonyl (C=O) groups is 1. The van der Waals surface area contributed by atoms with E-state index in [0.717, 1.165) is 55.8 Å². The molecule has 0 aromatic heterocycles. The Morgan fingerprint density at radius 1 is 1.07 bits per heavy atom. The summed E-state index contributed by atoms with van der Waals surface area (Å²) in [6.07, 6.45) is 6.31. The highest BCUT2D eigenvalue weighted by Crippen LogP contribution is 2.66. The van der Waals surface area contributed by atoms with Crippen molar-refractivity contribution in [1.82, 2.24) is 4.72 Å². The van der Waals surface area contributed by atoms with Crippen LogP contribution in [0.1, 0.15) is 43.2 Å². The van der Waals surface area contributed by atoms with Crippen LogP contribution in [0, 0.1) is 11.3 Å². The highest BCUT2D eigenvalue weighted by Gasteiger charge is 2.66. The minimum Gasteiger partial charge on any atom is -0.490 e. The van der Waals surface area contributed by atoms with E-state index in [1.54, 1.807) is 31.3 Å². The lowest BCUT2D eigenvalue weighted by Gasteiger charge is -2.45. The number of hydrogen-bond acceptors (Lipinski definition) is 6. The number of aryl methyl sites for hydroxylation is 1. The minimum absolute atomic E-state index is 0.0326. The first-order chi connectivity index (χ1) is 20.7. The van der Waals surface area contributed by atoms with E-state index >= 15 is 0 Å². The topological polar surface area (TPSA) is 88.2 Å². The number of nitrogens with zero attached hydrogens (tertiary/aromatic N) is 2. The highest BCUT2D eigenvalue weighted by atomic mass is 35.5. The Kier molecular flexibility index (Phi) is 6.02. The van der Waals surface area contributed by atoms with Gasteiger partial charge in [-0.05, 0) is 98.0 Å². The number of anilines is 2. The Hall–Kier alpha value is -3.43. The maximum atomic E-state index is 13.6. The molecule has 3 aromatic rings. The van der Waals surface area contributed by atoms with Gasteiger partial charge < -0.3 is 14.4 Å². The van der Waals surface area contributed by atoms with Gasteiger partial charge in [0.25, 0.3) is 10.0 Å². The number of carbonyl (C=O) groups excluding carboxylic acids is 1. The summed E-state index contributed by atoms with van der Waals surface area (Å²) in [4.78, 5) is 16.8. The SMILES string of the molecule is CN1C(=O)NS(=O)(=O)c2ccc3c(c2)N(C[C@@H]2CCC24C[C@@H]4Oc2cccc1c2)C[C@@]1(CCCc2cc(Cl)ccc21)CO3. The fourth-order valence-corrected chi connectivity index (χ4v) is 9.14. The van der Waals surface area contributed by atoms with E-state index in [4.69, 9.17) is 21.1 Å². The van der Waals surface area contributed by atoms with Crippen molar-refractivity contribution in [3.8, 4) is 11.5 Å². The summed E-state index contributed by atoms with van der Waals surface area (Å²) in [7, 11) is -2.62. The van der Waals surface area contributed by atoms with Crippen LogP contribution >= 0.6 is 11.6 Å². The van der Waals surface area contributed by atoms with E-state index < -0.39 is 16.1 Å². The third kappa shape index (κ3) is 4.38. The Balaban J connectivity index is 1.23. The van der Waals surface area contributed by atoms with Crippen molar-refractivity contribution in [2.45, 2.75) is 54.9 Å². The van der Waals surface area contributed by atoms with Crippen LogP contribution in [-0.2, 0) is 21.9 Å². The van der Waals surface area contributed by atoms with Crippen molar-refractivity contribution in [2.75, 3.05) is 36.5 Å². The van der Waals surface area contributed by atoms with Crippen molar-refractivity contribution in [3.05, 3.63) is 76.8 Å². The molecule has 2 saturated carbocycles. The van der Waals surface area contributed by atoms with Gasteiger partial charge in [0.05, 0.1) is 17.2 Å². The lowest BCUT2D eigenvalue weighted by Crippen LogP contribution is -2.49. The molecule has 3 aromatic carbocycles. The zero-order valence-corrected chi connectivity index (χ0v) is 25.6. The Morgan fingerprint density at radius 2 is 1.95 bits per heavy atom. The summed E-state index contributed by atoms with van der Waals surface area (Å²) in [5.74, 6) is 1.76. The number of amides is 2. The molecule has 224 valence electrons. The molecule has 5 aliphatic rings. The van der Waals surface area contributed by atoms with E-state index in [9.17, 15) is 13.2 Å². The van der Waals surface area contributed by atoms with Crippen LogP contribution in [0.3, 0.4) is 0 Å². The number of nitrogens with one attached hydrogen (secondary N) is 1. The number of urea groups is 1. The Labute approximate surface area is 257 Å². The number of rotatable bonds is 0. The molecule has 2 fully saturated rings. The third-order valence-electron chi connectivity index (χ3n) is 10.6. The van der Waals surface area contributed by atoms with E-state index in [-0.39, 0.29) is 21.8 Å². The summed E-state index contributed by atoms with van der Waals surface area (Å²) >= 11 is 6.41. The normalized spacial score (nSPS) is 30.3. The summed E-state index contributed by atoms with van der Waals surface area (Å²) in [5.41, 5.74) is 3.68. The van der Waals surface area contributed by atoms with Crippen molar-refractivity contribution in [2.24, 2.45) is 11.3 Å².